The number of benzene rings is 1. The molecule has 17 heavy (non-hydrogen) atoms. The van der Waals surface area contributed by atoms with E-state index in [1.165, 1.54) is 0 Å². The maximum atomic E-state index is 13.8. The van der Waals surface area contributed by atoms with Crippen LogP contribution in [0.25, 0.3) is 0 Å². The first kappa shape index (κ1) is 11.2. The molecule has 2 fully saturated rings. The van der Waals surface area contributed by atoms with Crippen molar-refractivity contribution in [3.63, 3.8) is 0 Å². The van der Waals surface area contributed by atoms with Crippen LogP contribution >= 0.6 is 0 Å². The van der Waals surface area contributed by atoms with Gasteiger partial charge in [-0.1, -0.05) is 18.2 Å². The lowest BCUT2D eigenvalue weighted by molar-refractivity contribution is 0.109. The summed E-state index contributed by atoms with van der Waals surface area (Å²) >= 11 is 0. The van der Waals surface area contributed by atoms with Crippen molar-refractivity contribution in [3.8, 4) is 0 Å². The van der Waals surface area contributed by atoms with Gasteiger partial charge in [0, 0.05) is 23.8 Å². The van der Waals surface area contributed by atoms with Gasteiger partial charge in [-0.2, -0.15) is 0 Å². The first-order chi connectivity index (χ1) is 8.21. The monoisotopic (exact) mass is 235 g/mol. The Hall–Kier alpha value is -0.930. The van der Waals surface area contributed by atoms with Gasteiger partial charge in [-0.15, -0.1) is 0 Å². The van der Waals surface area contributed by atoms with Gasteiger partial charge in [0.15, 0.2) is 0 Å². The third kappa shape index (κ3) is 1.98. The van der Waals surface area contributed by atoms with Crippen LogP contribution in [-0.2, 0) is 10.3 Å². The molecule has 2 atom stereocenters. The third-order valence-electron chi connectivity index (χ3n) is 3.98. The second-order valence-electron chi connectivity index (χ2n) is 5.18. The standard InChI is InChI=1S/C14H18FNO/c1-10-13(6-9-17-10)16-14(7-8-14)11-4-2-3-5-12(11)15/h2-5,10,13,16H,6-9H2,1H3/t10-,13+/m1/s1. The summed E-state index contributed by atoms with van der Waals surface area (Å²) in [6, 6.07) is 7.46. The Balaban J connectivity index is 1.80. The Morgan fingerprint density at radius 1 is 1.35 bits per heavy atom. The van der Waals surface area contributed by atoms with Crippen LogP contribution in [0.2, 0.25) is 0 Å². The van der Waals surface area contributed by atoms with Gasteiger partial charge in [0.1, 0.15) is 5.82 Å². The van der Waals surface area contributed by atoms with E-state index in [0.717, 1.165) is 31.4 Å². The molecule has 1 N–H and O–H groups in total. The second-order valence-corrected chi connectivity index (χ2v) is 5.18. The first-order valence-electron chi connectivity index (χ1n) is 6.36. The van der Waals surface area contributed by atoms with Crippen molar-refractivity contribution in [2.75, 3.05) is 6.61 Å². The molecule has 0 bridgehead atoms. The smallest absolute Gasteiger partial charge is 0.128 e. The van der Waals surface area contributed by atoms with Crippen molar-refractivity contribution in [2.24, 2.45) is 0 Å². The van der Waals surface area contributed by atoms with Crippen molar-refractivity contribution >= 4 is 0 Å². The van der Waals surface area contributed by atoms with Crippen molar-refractivity contribution in [2.45, 2.75) is 43.9 Å². The molecule has 1 aliphatic heterocycles. The Morgan fingerprint density at radius 3 is 2.71 bits per heavy atom. The Bertz CT molecular complexity index is 416. The van der Waals surface area contributed by atoms with E-state index in [-0.39, 0.29) is 17.5 Å². The maximum Gasteiger partial charge on any atom is 0.128 e. The van der Waals surface area contributed by atoms with Crippen LogP contribution in [0.1, 0.15) is 31.7 Å². The highest BCUT2D eigenvalue weighted by Gasteiger charge is 2.48. The van der Waals surface area contributed by atoms with Gasteiger partial charge in [-0.05, 0) is 32.3 Å². The van der Waals surface area contributed by atoms with E-state index in [2.05, 4.69) is 12.2 Å². The fraction of sp³-hybridized carbons (Fsp3) is 0.571. The molecule has 3 rings (SSSR count). The fourth-order valence-corrected chi connectivity index (χ4v) is 2.74. The summed E-state index contributed by atoms with van der Waals surface area (Å²) in [4.78, 5) is 0. The van der Waals surface area contributed by atoms with Crippen molar-refractivity contribution in [3.05, 3.63) is 35.6 Å². The molecule has 1 saturated heterocycles. The minimum atomic E-state index is -0.127. The van der Waals surface area contributed by atoms with E-state index in [1.54, 1.807) is 12.1 Å². The molecular formula is C14H18FNO. The number of halogens is 1. The molecule has 1 aromatic carbocycles. The van der Waals surface area contributed by atoms with Gasteiger partial charge in [0.05, 0.1) is 6.10 Å². The molecule has 0 aromatic heterocycles. The Labute approximate surface area is 101 Å². The van der Waals surface area contributed by atoms with E-state index in [1.807, 2.05) is 12.1 Å². The number of hydrogen-bond acceptors (Lipinski definition) is 2. The summed E-state index contributed by atoms with van der Waals surface area (Å²) in [5, 5.41) is 3.61. The highest BCUT2D eigenvalue weighted by atomic mass is 19.1. The van der Waals surface area contributed by atoms with Crippen LogP contribution in [0.5, 0.6) is 0 Å². The molecule has 2 nitrogen and oxygen atoms in total. The predicted molar refractivity (Wildman–Crippen MR) is 64.3 cm³/mol. The minimum absolute atomic E-state index is 0.0935. The zero-order valence-corrected chi connectivity index (χ0v) is 10.1. The van der Waals surface area contributed by atoms with Gasteiger partial charge in [0.2, 0.25) is 0 Å². The zero-order valence-electron chi connectivity index (χ0n) is 10.1. The van der Waals surface area contributed by atoms with Crippen LogP contribution in [0.4, 0.5) is 4.39 Å². The largest absolute Gasteiger partial charge is 0.377 e. The Kier molecular flexibility index (Phi) is 2.68. The van der Waals surface area contributed by atoms with Gasteiger partial charge >= 0.3 is 0 Å². The maximum absolute atomic E-state index is 13.8. The topological polar surface area (TPSA) is 21.3 Å². The summed E-state index contributed by atoms with van der Waals surface area (Å²) in [5.74, 6) is -0.0935. The number of ether oxygens (including phenoxy) is 1. The highest BCUT2D eigenvalue weighted by Crippen LogP contribution is 2.47. The van der Waals surface area contributed by atoms with Crippen molar-refractivity contribution in [1.82, 2.24) is 5.32 Å². The zero-order chi connectivity index (χ0) is 11.9. The van der Waals surface area contributed by atoms with Crippen molar-refractivity contribution in [1.29, 1.82) is 0 Å². The normalized spacial score (nSPS) is 30.5. The third-order valence-corrected chi connectivity index (χ3v) is 3.98. The fourth-order valence-electron chi connectivity index (χ4n) is 2.74. The Morgan fingerprint density at radius 2 is 2.12 bits per heavy atom. The summed E-state index contributed by atoms with van der Waals surface area (Å²) in [6.07, 6.45) is 3.31. The van der Waals surface area contributed by atoms with Crippen LogP contribution in [0.3, 0.4) is 0 Å². The lowest BCUT2D eigenvalue weighted by Gasteiger charge is -2.25. The molecule has 1 aliphatic carbocycles. The SMILES string of the molecule is C[C@H]1OCC[C@@H]1NC1(c2ccccc2F)CC1. The lowest BCUT2D eigenvalue weighted by Crippen LogP contribution is -2.42. The van der Waals surface area contributed by atoms with Crippen LogP contribution in [-0.4, -0.2) is 18.8 Å². The number of hydrogen-bond donors (Lipinski definition) is 1. The molecule has 0 unspecified atom stereocenters. The number of nitrogens with one attached hydrogen (secondary N) is 1. The molecule has 1 heterocycles. The molecule has 1 aromatic rings. The minimum Gasteiger partial charge on any atom is -0.377 e. The molecule has 0 radical (unpaired) electrons. The van der Waals surface area contributed by atoms with Gasteiger partial charge in [0.25, 0.3) is 0 Å². The van der Waals surface area contributed by atoms with Gasteiger partial charge in [-0.25, -0.2) is 4.39 Å². The van der Waals surface area contributed by atoms with E-state index < -0.39 is 0 Å². The van der Waals surface area contributed by atoms with Crippen LogP contribution in [0.15, 0.2) is 24.3 Å². The number of rotatable bonds is 3. The summed E-state index contributed by atoms with van der Waals surface area (Å²) in [7, 11) is 0. The van der Waals surface area contributed by atoms with Crippen molar-refractivity contribution < 1.29 is 9.13 Å². The summed E-state index contributed by atoms with van der Waals surface area (Å²) in [6.45, 7) is 2.90. The molecule has 92 valence electrons. The second kappa shape index (κ2) is 4.07. The molecular weight excluding hydrogens is 217 g/mol. The summed E-state index contributed by atoms with van der Waals surface area (Å²) in [5.41, 5.74) is 0.692. The van der Waals surface area contributed by atoms with Crippen LogP contribution in [0, 0.1) is 5.82 Å². The average molecular weight is 235 g/mol. The predicted octanol–water partition coefficient (Wildman–Crippen LogP) is 2.58. The molecule has 2 aliphatic rings. The molecule has 3 heteroatoms. The molecule has 1 saturated carbocycles. The quantitative estimate of drug-likeness (QED) is 0.869. The van der Waals surface area contributed by atoms with Crippen LogP contribution < -0.4 is 5.32 Å². The average Bonchev–Trinajstić information content (AvgIpc) is 2.99. The highest BCUT2D eigenvalue weighted by molar-refractivity contribution is 5.31. The molecule has 0 spiro atoms. The van der Waals surface area contributed by atoms with Gasteiger partial charge < -0.3 is 10.1 Å². The van der Waals surface area contributed by atoms with E-state index >= 15 is 0 Å². The first-order valence-corrected chi connectivity index (χ1v) is 6.36. The van der Waals surface area contributed by atoms with Gasteiger partial charge in [-0.3, -0.25) is 0 Å². The molecule has 0 amide bonds. The summed E-state index contributed by atoms with van der Waals surface area (Å²) < 4.78 is 19.4. The lowest BCUT2D eigenvalue weighted by atomic mass is 10.0. The van der Waals surface area contributed by atoms with E-state index in [0.29, 0.717) is 6.04 Å². The van der Waals surface area contributed by atoms with E-state index in [4.69, 9.17) is 4.74 Å². The van der Waals surface area contributed by atoms with E-state index in [9.17, 15) is 4.39 Å².